The van der Waals surface area contributed by atoms with Gasteiger partial charge in [0, 0.05) is 18.1 Å². The predicted molar refractivity (Wildman–Crippen MR) is 133 cm³/mol. The number of likely N-dealkylation sites (tertiary alicyclic amines) is 1. The zero-order chi connectivity index (χ0) is 22.2. The van der Waals surface area contributed by atoms with Crippen LogP contribution in [0.3, 0.4) is 0 Å². The number of halogens is 1. The Morgan fingerprint density at radius 1 is 1.03 bits per heavy atom. The first-order chi connectivity index (χ1) is 15.5. The van der Waals surface area contributed by atoms with E-state index in [1.165, 1.54) is 11.3 Å². The normalized spacial score (nSPS) is 14.7. The number of nitrogens with zero attached hydrogens (tertiary/aromatic N) is 3. The largest absolute Gasteiger partial charge is 0.341 e. The molecule has 1 amide bonds. The van der Waals surface area contributed by atoms with Crippen molar-refractivity contribution in [3.8, 4) is 10.4 Å². The van der Waals surface area contributed by atoms with Gasteiger partial charge in [0.25, 0.3) is 5.56 Å². The number of para-hydroxylation sites is 1. The standard InChI is InChI=1S/C24H22ClN3O2S2/c25-17-9-7-8-16(14-17)21-22-27(15-20(29)26-12-5-1-2-6-13-26)23(30)18-10-3-4-11-19(18)28(22)24(31)32-21/h3-4,7-11,14H,1-2,5-6,12-13,15H2. The average molecular weight is 484 g/mol. The van der Waals surface area contributed by atoms with Crippen LogP contribution in [0.15, 0.2) is 53.3 Å². The Labute approximate surface area is 199 Å². The van der Waals surface area contributed by atoms with E-state index < -0.39 is 0 Å². The first-order valence-electron chi connectivity index (χ1n) is 10.8. The number of carbonyl (C=O) groups is 1. The van der Waals surface area contributed by atoms with Crippen LogP contribution in [0.4, 0.5) is 0 Å². The molecule has 0 atom stereocenters. The molecule has 5 rings (SSSR count). The Kier molecular flexibility index (Phi) is 5.88. The summed E-state index contributed by atoms with van der Waals surface area (Å²) in [5, 5.41) is 1.16. The SMILES string of the molecule is O=C(Cn1c(=O)c2ccccc2n2c(=S)sc(-c3cccc(Cl)c3)c12)N1CCCCCC1. The lowest BCUT2D eigenvalue weighted by molar-refractivity contribution is -0.131. The Bertz CT molecular complexity index is 1450. The van der Waals surface area contributed by atoms with Gasteiger partial charge in [0.15, 0.2) is 3.95 Å². The average Bonchev–Trinajstić information content (AvgIpc) is 2.96. The topological polar surface area (TPSA) is 46.7 Å². The summed E-state index contributed by atoms with van der Waals surface area (Å²) in [7, 11) is 0. The molecule has 4 aromatic rings. The van der Waals surface area contributed by atoms with Crippen molar-refractivity contribution in [1.82, 2.24) is 13.9 Å². The summed E-state index contributed by atoms with van der Waals surface area (Å²) in [5.74, 6) is -0.0275. The van der Waals surface area contributed by atoms with E-state index in [0.717, 1.165) is 54.7 Å². The Hall–Kier alpha value is -2.48. The van der Waals surface area contributed by atoms with E-state index >= 15 is 0 Å². The lowest BCUT2D eigenvalue weighted by atomic mass is 10.2. The second-order valence-electron chi connectivity index (χ2n) is 8.07. The van der Waals surface area contributed by atoms with Crippen molar-refractivity contribution in [3.05, 3.63) is 67.9 Å². The van der Waals surface area contributed by atoms with Crippen LogP contribution >= 0.6 is 35.2 Å². The number of aromatic nitrogens is 2. The molecule has 1 aliphatic heterocycles. The fourth-order valence-corrected chi connectivity index (χ4v) is 6.05. The lowest BCUT2D eigenvalue weighted by Gasteiger charge is -2.21. The van der Waals surface area contributed by atoms with Crippen molar-refractivity contribution in [2.45, 2.75) is 32.2 Å². The highest BCUT2D eigenvalue weighted by Gasteiger charge is 2.22. The molecular formula is C24H22ClN3O2S2. The molecule has 1 saturated heterocycles. The van der Waals surface area contributed by atoms with E-state index in [9.17, 15) is 9.59 Å². The molecule has 0 N–H and O–H groups in total. The molecule has 5 nitrogen and oxygen atoms in total. The second-order valence-corrected chi connectivity index (χ2v) is 10.2. The minimum absolute atomic E-state index is 0.00770. The van der Waals surface area contributed by atoms with Crippen molar-refractivity contribution in [2.24, 2.45) is 0 Å². The third-order valence-corrected chi connectivity index (χ3v) is 7.65. The van der Waals surface area contributed by atoms with Crippen LogP contribution in [0.5, 0.6) is 0 Å². The first kappa shape index (κ1) is 21.4. The van der Waals surface area contributed by atoms with Crippen LogP contribution < -0.4 is 5.56 Å². The van der Waals surface area contributed by atoms with E-state index in [0.29, 0.717) is 20.0 Å². The van der Waals surface area contributed by atoms with Gasteiger partial charge in [-0.25, -0.2) is 0 Å². The molecule has 1 aliphatic rings. The van der Waals surface area contributed by atoms with Crippen molar-refractivity contribution < 1.29 is 4.79 Å². The van der Waals surface area contributed by atoms with E-state index in [-0.39, 0.29) is 18.0 Å². The molecule has 0 spiro atoms. The summed E-state index contributed by atoms with van der Waals surface area (Å²) in [5.41, 5.74) is 2.09. The number of hydrogen-bond donors (Lipinski definition) is 0. The highest BCUT2D eigenvalue weighted by atomic mass is 35.5. The van der Waals surface area contributed by atoms with Crippen molar-refractivity contribution in [1.29, 1.82) is 0 Å². The molecule has 0 unspecified atom stereocenters. The van der Waals surface area contributed by atoms with Gasteiger partial charge in [-0.05, 0) is 54.9 Å². The van der Waals surface area contributed by atoms with E-state index in [4.69, 9.17) is 23.8 Å². The highest BCUT2D eigenvalue weighted by molar-refractivity contribution is 7.73. The van der Waals surface area contributed by atoms with Crippen LogP contribution in [0, 0.1) is 3.95 Å². The Morgan fingerprint density at radius 3 is 2.53 bits per heavy atom. The van der Waals surface area contributed by atoms with Gasteiger partial charge in [-0.2, -0.15) is 0 Å². The molecular weight excluding hydrogens is 462 g/mol. The molecule has 2 aromatic heterocycles. The van der Waals surface area contributed by atoms with Gasteiger partial charge in [0.05, 0.1) is 15.8 Å². The third kappa shape index (κ3) is 3.78. The van der Waals surface area contributed by atoms with Crippen LogP contribution in [0.1, 0.15) is 25.7 Å². The highest BCUT2D eigenvalue weighted by Crippen LogP contribution is 2.34. The van der Waals surface area contributed by atoms with Crippen molar-refractivity contribution in [2.75, 3.05) is 13.1 Å². The van der Waals surface area contributed by atoms with E-state index in [1.807, 2.05) is 51.8 Å². The van der Waals surface area contributed by atoms with Gasteiger partial charge >= 0.3 is 0 Å². The third-order valence-electron chi connectivity index (χ3n) is 6.00. The van der Waals surface area contributed by atoms with Gasteiger partial charge in [-0.15, -0.1) is 11.3 Å². The molecule has 164 valence electrons. The minimum atomic E-state index is -0.181. The molecule has 3 heterocycles. The summed E-state index contributed by atoms with van der Waals surface area (Å²) in [6.45, 7) is 1.48. The quantitative estimate of drug-likeness (QED) is 0.347. The van der Waals surface area contributed by atoms with E-state index in [1.54, 1.807) is 10.6 Å². The van der Waals surface area contributed by atoms with Crippen LogP contribution in [-0.4, -0.2) is 32.9 Å². The summed E-state index contributed by atoms with van der Waals surface area (Å²) in [6.07, 6.45) is 4.29. The van der Waals surface area contributed by atoms with Gasteiger partial charge in [-0.1, -0.05) is 48.7 Å². The number of thiazole rings is 1. The molecule has 0 radical (unpaired) electrons. The molecule has 2 aromatic carbocycles. The molecule has 0 aliphatic carbocycles. The summed E-state index contributed by atoms with van der Waals surface area (Å²) >= 11 is 13.4. The summed E-state index contributed by atoms with van der Waals surface area (Å²) in [4.78, 5) is 29.6. The van der Waals surface area contributed by atoms with Gasteiger partial charge in [-0.3, -0.25) is 18.6 Å². The van der Waals surface area contributed by atoms with Crippen LogP contribution in [0.25, 0.3) is 27.0 Å². The van der Waals surface area contributed by atoms with Crippen molar-refractivity contribution >= 4 is 57.6 Å². The molecule has 0 saturated carbocycles. The summed E-state index contributed by atoms with van der Waals surface area (Å²) < 4.78 is 4.14. The Balaban J connectivity index is 1.76. The molecule has 0 bridgehead atoms. The zero-order valence-corrected chi connectivity index (χ0v) is 19.8. The Morgan fingerprint density at radius 2 is 1.78 bits per heavy atom. The molecule has 1 fully saturated rings. The number of fused-ring (bicyclic) bond motifs is 3. The maximum atomic E-state index is 13.6. The number of benzene rings is 2. The number of carbonyl (C=O) groups excluding carboxylic acids is 1. The lowest BCUT2D eigenvalue weighted by Crippen LogP contribution is -2.37. The van der Waals surface area contributed by atoms with Crippen LogP contribution in [0.2, 0.25) is 5.02 Å². The van der Waals surface area contributed by atoms with Gasteiger partial charge < -0.3 is 4.90 Å². The number of amides is 1. The minimum Gasteiger partial charge on any atom is -0.341 e. The maximum absolute atomic E-state index is 13.6. The fourth-order valence-electron chi connectivity index (χ4n) is 4.43. The first-order valence-corrected chi connectivity index (χ1v) is 12.4. The number of hydrogen-bond acceptors (Lipinski definition) is 4. The van der Waals surface area contributed by atoms with Gasteiger partial charge in [0.1, 0.15) is 12.2 Å². The number of rotatable bonds is 3. The smallest absolute Gasteiger partial charge is 0.262 e. The van der Waals surface area contributed by atoms with Gasteiger partial charge in [0.2, 0.25) is 5.91 Å². The molecule has 32 heavy (non-hydrogen) atoms. The zero-order valence-electron chi connectivity index (χ0n) is 17.4. The maximum Gasteiger partial charge on any atom is 0.262 e. The second kappa shape index (κ2) is 8.81. The van der Waals surface area contributed by atoms with Crippen molar-refractivity contribution in [3.63, 3.8) is 0 Å². The molecule has 8 heteroatoms. The van der Waals surface area contributed by atoms with Crippen LogP contribution in [-0.2, 0) is 11.3 Å². The monoisotopic (exact) mass is 483 g/mol. The fraction of sp³-hybridized carbons (Fsp3) is 0.292. The summed E-state index contributed by atoms with van der Waals surface area (Å²) in [6, 6.07) is 14.9. The predicted octanol–water partition coefficient (Wildman–Crippen LogP) is 5.77. The van der Waals surface area contributed by atoms with E-state index in [2.05, 4.69) is 0 Å².